The second-order valence-electron chi connectivity index (χ2n) is 3.98. The predicted octanol–water partition coefficient (Wildman–Crippen LogP) is 2.51. The first kappa shape index (κ1) is 11.2. The van der Waals surface area contributed by atoms with Crippen LogP contribution in [0.5, 0.6) is 0 Å². The van der Waals surface area contributed by atoms with Crippen LogP contribution >= 0.6 is 0 Å². The number of nitrogens with zero attached hydrogens (tertiary/aromatic N) is 2. The molecule has 0 aliphatic carbocycles. The first-order valence-electron chi connectivity index (χ1n) is 5.45. The average Bonchev–Trinajstić information content (AvgIpc) is 2.72. The Balaban J connectivity index is 2.18. The average molecular weight is 226 g/mol. The van der Waals surface area contributed by atoms with Gasteiger partial charge in [-0.25, -0.2) is 0 Å². The second-order valence-corrected chi connectivity index (χ2v) is 3.98. The van der Waals surface area contributed by atoms with Crippen molar-refractivity contribution in [1.29, 1.82) is 5.26 Å². The Morgan fingerprint density at radius 2 is 2.24 bits per heavy atom. The fourth-order valence-corrected chi connectivity index (χ4v) is 1.71. The highest BCUT2D eigenvalue weighted by Crippen LogP contribution is 2.19. The molecule has 0 atom stereocenters. The highest BCUT2D eigenvalue weighted by molar-refractivity contribution is 5.60. The molecule has 2 rings (SSSR count). The zero-order chi connectivity index (χ0) is 12.3. The number of nitriles is 1. The number of aryl methyl sites for hydroxylation is 2. The number of hydrogen-bond donors (Lipinski definition) is 2. The van der Waals surface area contributed by atoms with Gasteiger partial charge in [0, 0.05) is 17.8 Å². The number of benzene rings is 1. The number of aromatic nitrogens is 2. The molecule has 17 heavy (non-hydrogen) atoms. The minimum atomic E-state index is 0.667. The van der Waals surface area contributed by atoms with Crippen LogP contribution in [0, 0.1) is 25.2 Å². The molecule has 0 amide bonds. The lowest BCUT2D eigenvalue weighted by Gasteiger charge is -2.09. The van der Waals surface area contributed by atoms with E-state index < -0.39 is 0 Å². The molecule has 86 valence electrons. The van der Waals surface area contributed by atoms with Crippen LogP contribution in [0.25, 0.3) is 0 Å². The molecule has 0 fully saturated rings. The van der Waals surface area contributed by atoms with E-state index in [0.717, 1.165) is 22.5 Å². The third-order valence-electron chi connectivity index (χ3n) is 2.79. The van der Waals surface area contributed by atoms with E-state index in [1.54, 1.807) is 6.20 Å². The number of rotatable bonds is 3. The molecule has 1 heterocycles. The van der Waals surface area contributed by atoms with Crippen LogP contribution in [0.3, 0.4) is 0 Å². The van der Waals surface area contributed by atoms with Gasteiger partial charge in [-0.3, -0.25) is 5.10 Å². The van der Waals surface area contributed by atoms with Crippen LogP contribution in [-0.4, -0.2) is 10.2 Å². The fourth-order valence-electron chi connectivity index (χ4n) is 1.71. The molecule has 4 nitrogen and oxygen atoms in total. The number of H-pyrrole nitrogens is 1. The molecule has 0 aliphatic rings. The minimum absolute atomic E-state index is 0.667. The standard InChI is InChI=1S/C13H14N4/c1-9-4-3-5-13(12(9)6-14)15-7-11-8-16-17-10(11)2/h3-5,8,15H,7H2,1-2H3,(H,16,17). The SMILES string of the molecule is Cc1cccc(NCc2cn[nH]c2C)c1C#N. The van der Waals surface area contributed by atoms with Gasteiger partial charge in [-0.15, -0.1) is 0 Å². The molecule has 0 radical (unpaired) electrons. The Bertz CT molecular complexity index is 563. The van der Waals surface area contributed by atoms with Crippen LogP contribution in [0.2, 0.25) is 0 Å². The maximum atomic E-state index is 9.10. The van der Waals surface area contributed by atoms with Crippen LogP contribution in [0.15, 0.2) is 24.4 Å². The highest BCUT2D eigenvalue weighted by Gasteiger charge is 2.05. The van der Waals surface area contributed by atoms with E-state index in [4.69, 9.17) is 5.26 Å². The summed E-state index contributed by atoms with van der Waals surface area (Å²) >= 11 is 0. The van der Waals surface area contributed by atoms with Crippen molar-refractivity contribution in [3.63, 3.8) is 0 Å². The molecular weight excluding hydrogens is 212 g/mol. The van der Waals surface area contributed by atoms with E-state index in [1.165, 1.54) is 0 Å². The fraction of sp³-hybridized carbons (Fsp3) is 0.231. The summed E-state index contributed by atoms with van der Waals surface area (Å²) in [6.45, 7) is 4.58. The molecule has 0 saturated heterocycles. The van der Waals surface area contributed by atoms with E-state index in [0.29, 0.717) is 12.1 Å². The van der Waals surface area contributed by atoms with Crippen LogP contribution in [-0.2, 0) is 6.54 Å². The van der Waals surface area contributed by atoms with Crippen LogP contribution < -0.4 is 5.32 Å². The summed E-state index contributed by atoms with van der Waals surface area (Å²) in [5, 5.41) is 19.2. The Morgan fingerprint density at radius 3 is 2.88 bits per heavy atom. The minimum Gasteiger partial charge on any atom is -0.380 e. The molecule has 2 aromatic rings. The van der Waals surface area contributed by atoms with Gasteiger partial charge in [0.25, 0.3) is 0 Å². The molecule has 0 aliphatic heterocycles. The van der Waals surface area contributed by atoms with Gasteiger partial charge in [-0.2, -0.15) is 10.4 Å². The van der Waals surface area contributed by atoms with Gasteiger partial charge in [0.2, 0.25) is 0 Å². The molecule has 1 aromatic heterocycles. The Labute approximate surface area is 100 Å². The largest absolute Gasteiger partial charge is 0.380 e. The van der Waals surface area contributed by atoms with Gasteiger partial charge >= 0.3 is 0 Å². The van der Waals surface area contributed by atoms with E-state index in [2.05, 4.69) is 21.6 Å². The zero-order valence-electron chi connectivity index (χ0n) is 9.91. The molecule has 0 bridgehead atoms. The quantitative estimate of drug-likeness (QED) is 0.845. The first-order chi connectivity index (χ1) is 8.22. The summed E-state index contributed by atoms with van der Waals surface area (Å²) in [5.74, 6) is 0. The molecule has 0 spiro atoms. The van der Waals surface area contributed by atoms with E-state index >= 15 is 0 Å². The van der Waals surface area contributed by atoms with Crippen molar-refractivity contribution < 1.29 is 0 Å². The van der Waals surface area contributed by atoms with Crippen molar-refractivity contribution in [2.45, 2.75) is 20.4 Å². The Morgan fingerprint density at radius 1 is 1.41 bits per heavy atom. The number of anilines is 1. The van der Waals surface area contributed by atoms with E-state index in [9.17, 15) is 0 Å². The molecule has 1 aromatic carbocycles. The maximum absolute atomic E-state index is 9.10. The summed E-state index contributed by atoms with van der Waals surface area (Å²) in [5.41, 5.74) is 4.71. The van der Waals surface area contributed by atoms with E-state index in [1.807, 2.05) is 32.0 Å². The number of hydrogen-bond acceptors (Lipinski definition) is 3. The smallest absolute Gasteiger partial charge is 0.102 e. The summed E-state index contributed by atoms with van der Waals surface area (Å²) in [7, 11) is 0. The van der Waals surface area contributed by atoms with Gasteiger partial charge in [0.15, 0.2) is 0 Å². The first-order valence-corrected chi connectivity index (χ1v) is 5.45. The Hall–Kier alpha value is -2.28. The maximum Gasteiger partial charge on any atom is 0.102 e. The van der Waals surface area contributed by atoms with E-state index in [-0.39, 0.29) is 0 Å². The topological polar surface area (TPSA) is 64.5 Å². The van der Waals surface area contributed by atoms with Gasteiger partial charge in [-0.1, -0.05) is 12.1 Å². The normalized spacial score (nSPS) is 9.94. The molecule has 0 unspecified atom stereocenters. The molecule has 0 saturated carbocycles. The monoisotopic (exact) mass is 226 g/mol. The molecule has 2 N–H and O–H groups in total. The van der Waals surface area contributed by atoms with Crippen molar-refractivity contribution in [3.8, 4) is 6.07 Å². The Kier molecular flexibility index (Phi) is 3.10. The summed E-state index contributed by atoms with van der Waals surface area (Å²) < 4.78 is 0. The van der Waals surface area contributed by atoms with Crippen molar-refractivity contribution in [2.24, 2.45) is 0 Å². The lowest BCUT2D eigenvalue weighted by atomic mass is 10.1. The van der Waals surface area contributed by atoms with Gasteiger partial charge in [0.05, 0.1) is 17.4 Å². The molecule has 4 heteroatoms. The summed E-state index contributed by atoms with van der Waals surface area (Å²) in [4.78, 5) is 0. The number of aromatic amines is 1. The van der Waals surface area contributed by atoms with Gasteiger partial charge < -0.3 is 5.32 Å². The lowest BCUT2D eigenvalue weighted by Crippen LogP contribution is -2.02. The van der Waals surface area contributed by atoms with Gasteiger partial charge in [-0.05, 0) is 25.5 Å². The zero-order valence-corrected chi connectivity index (χ0v) is 9.91. The van der Waals surface area contributed by atoms with Crippen molar-refractivity contribution in [2.75, 3.05) is 5.32 Å². The van der Waals surface area contributed by atoms with Crippen LogP contribution in [0.4, 0.5) is 5.69 Å². The van der Waals surface area contributed by atoms with Crippen molar-refractivity contribution in [3.05, 3.63) is 46.8 Å². The van der Waals surface area contributed by atoms with Gasteiger partial charge in [0.1, 0.15) is 6.07 Å². The van der Waals surface area contributed by atoms with Crippen molar-refractivity contribution >= 4 is 5.69 Å². The lowest BCUT2D eigenvalue weighted by molar-refractivity contribution is 1.04. The summed E-state index contributed by atoms with van der Waals surface area (Å²) in [6, 6.07) is 8.02. The molecular formula is C13H14N4. The predicted molar refractivity (Wildman–Crippen MR) is 66.5 cm³/mol. The third kappa shape index (κ3) is 2.28. The highest BCUT2D eigenvalue weighted by atomic mass is 15.1. The second kappa shape index (κ2) is 4.71. The van der Waals surface area contributed by atoms with Crippen LogP contribution in [0.1, 0.15) is 22.4 Å². The van der Waals surface area contributed by atoms with Crippen molar-refractivity contribution in [1.82, 2.24) is 10.2 Å². The summed E-state index contributed by atoms with van der Waals surface area (Å²) in [6.07, 6.45) is 1.80. The third-order valence-corrected chi connectivity index (χ3v) is 2.79. The number of nitrogens with one attached hydrogen (secondary N) is 2.